The first kappa shape index (κ1) is 24.1. The largest absolute Gasteiger partial charge is 0.368 e. The van der Waals surface area contributed by atoms with Gasteiger partial charge in [-0.3, -0.25) is 9.59 Å². The van der Waals surface area contributed by atoms with E-state index in [0.29, 0.717) is 36.8 Å². The number of anilines is 3. The lowest BCUT2D eigenvalue weighted by Gasteiger charge is -2.23. The van der Waals surface area contributed by atoms with Crippen molar-refractivity contribution in [1.29, 1.82) is 0 Å². The molecular formula is C29H30N6O3. The standard InChI is InChI=1S/C29H30N6O3/c1-29(2)17-35(28(37)24-6-4-14-38-24)23-15-19(7-8-22(23)29)34-27(36)21-5-3-11-30-26(21)33-16-18-9-12-31-25-20(18)10-13-32-25/h3,5,7-13,15,24H,4,6,14,16-17H2,1-2H3,(H,30,33)(H,31,32)(H,34,36)/t24-/m0/s1. The van der Waals surface area contributed by atoms with E-state index in [9.17, 15) is 9.59 Å². The Hall–Kier alpha value is -4.24. The molecule has 5 heterocycles. The number of ether oxygens (including phenoxy) is 1. The highest BCUT2D eigenvalue weighted by atomic mass is 16.5. The minimum atomic E-state index is -0.396. The lowest BCUT2D eigenvalue weighted by atomic mass is 9.87. The minimum absolute atomic E-state index is 0.0100. The summed E-state index contributed by atoms with van der Waals surface area (Å²) in [6.07, 6.45) is 6.51. The van der Waals surface area contributed by atoms with E-state index in [0.717, 1.165) is 40.7 Å². The number of carbonyl (C=O) groups excluding carboxylic acids is 2. The van der Waals surface area contributed by atoms with Crippen LogP contribution in [0.5, 0.6) is 0 Å². The maximum atomic E-state index is 13.4. The van der Waals surface area contributed by atoms with Gasteiger partial charge in [-0.25, -0.2) is 9.97 Å². The number of benzene rings is 1. The summed E-state index contributed by atoms with van der Waals surface area (Å²) in [6, 6.07) is 13.2. The number of fused-ring (bicyclic) bond motifs is 2. The second kappa shape index (κ2) is 9.57. The summed E-state index contributed by atoms with van der Waals surface area (Å²) >= 11 is 0. The van der Waals surface area contributed by atoms with Crippen molar-refractivity contribution in [3.8, 4) is 0 Å². The Balaban J connectivity index is 1.22. The topological polar surface area (TPSA) is 112 Å². The summed E-state index contributed by atoms with van der Waals surface area (Å²) in [5.41, 5.74) is 4.63. The number of hydrogen-bond donors (Lipinski definition) is 3. The van der Waals surface area contributed by atoms with Crippen molar-refractivity contribution in [2.24, 2.45) is 0 Å². The molecule has 9 heteroatoms. The molecule has 0 radical (unpaired) electrons. The molecular weight excluding hydrogens is 480 g/mol. The van der Waals surface area contributed by atoms with Crippen LogP contribution in [0, 0.1) is 0 Å². The molecule has 1 atom stereocenters. The molecule has 2 amide bonds. The first-order valence-corrected chi connectivity index (χ1v) is 12.9. The van der Waals surface area contributed by atoms with Crippen molar-refractivity contribution in [1.82, 2.24) is 15.0 Å². The molecule has 3 aromatic heterocycles. The number of hydrogen-bond acceptors (Lipinski definition) is 6. The van der Waals surface area contributed by atoms with Crippen molar-refractivity contribution < 1.29 is 14.3 Å². The zero-order valence-corrected chi connectivity index (χ0v) is 21.5. The summed E-state index contributed by atoms with van der Waals surface area (Å²) in [5.74, 6) is 0.198. The summed E-state index contributed by atoms with van der Waals surface area (Å²) in [7, 11) is 0. The molecule has 0 unspecified atom stereocenters. The summed E-state index contributed by atoms with van der Waals surface area (Å²) in [4.78, 5) is 40.3. The maximum Gasteiger partial charge on any atom is 0.259 e. The van der Waals surface area contributed by atoms with Gasteiger partial charge in [0.25, 0.3) is 11.8 Å². The van der Waals surface area contributed by atoms with Gasteiger partial charge in [0.1, 0.15) is 17.6 Å². The van der Waals surface area contributed by atoms with Gasteiger partial charge in [0.2, 0.25) is 0 Å². The van der Waals surface area contributed by atoms with Crippen molar-refractivity contribution in [3.05, 3.63) is 77.7 Å². The van der Waals surface area contributed by atoms with Gasteiger partial charge in [-0.1, -0.05) is 19.9 Å². The number of carbonyl (C=O) groups is 2. The molecule has 9 nitrogen and oxygen atoms in total. The van der Waals surface area contributed by atoms with Crippen LogP contribution < -0.4 is 15.5 Å². The van der Waals surface area contributed by atoms with Crippen molar-refractivity contribution >= 4 is 40.0 Å². The van der Waals surface area contributed by atoms with Crippen LogP contribution in [-0.4, -0.2) is 46.0 Å². The number of nitrogens with one attached hydrogen (secondary N) is 3. The SMILES string of the molecule is CC1(C)CN(C(=O)[C@@H]2CCCO2)c2cc(NC(=O)c3cccnc3NCc3ccnc4[nH]ccc34)ccc21. The molecule has 0 saturated carbocycles. The Labute approximate surface area is 220 Å². The third-order valence-corrected chi connectivity index (χ3v) is 7.35. The van der Waals surface area contributed by atoms with Crippen LogP contribution in [0.2, 0.25) is 0 Å². The van der Waals surface area contributed by atoms with Crippen molar-refractivity contribution in [2.75, 3.05) is 28.7 Å². The Kier molecular flexibility index (Phi) is 6.07. The number of pyridine rings is 2. The van der Waals surface area contributed by atoms with Gasteiger partial charge in [-0.2, -0.15) is 0 Å². The van der Waals surface area contributed by atoms with Crippen LogP contribution in [0.15, 0.2) is 61.1 Å². The second-order valence-corrected chi connectivity index (χ2v) is 10.5. The number of amides is 2. The van der Waals surface area contributed by atoms with Crippen molar-refractivity contribution in [3.63, 3.8) is 0 Å². The first-order chi connectivity index (χ1) is 18.4. The Morgan fingerprint density at radius 1 is 1.16 bits per heavy atom. The quantitative estimate of drug-likeness (QED) is 0.349. The van der Waals surface area contributed by atoms with E-state index in [4.69, 9.17) is 4.74 Å². The van der Waals surface area contributed by atoms with Crippen molar-refractivity contribution in [2.45, 2.75) is 44.8 Å². The van der Waals surface area contributed by atoms with Crippen LogP contribution in [0.3, 0.4) is 0 Å². The molecule has 0 bridgehead atoms. The van der Waals surface area contributed by atoms with E-state index < -0.39 is 6.10 Å². The van der Waals surface area contributed by atoms with E-state index in [1.807, 2.05) is 41.4 Å². The smallest absolute Gasteiger partial charge is 0.259 e. The Morgan fingerprint density at radius 3 is 2.89 bits per heavy atom. The molecule has 194 valence electrons. The minimum Gasteiger partial charge on any atom is -0.368 e. The zero-order valence-electron chi connectivity index (χ0n) is 21.5. The summed E-state index contributed by atoms with van der Waals surface area (Å²) in [6.45, 7) is 5.95. The molecule has 6 rings (SSSR count). The highest BCUT2D eigenvalue weighted by Crippen LogP contribution is 2.42. The third-order valence-electron chi connectivity index (χ3n) is 7.35. The Bertz CT molecular complexity index is 1520. The fourth-order valence-corrected chi connectivity index (χ4v) is 5.39. The van der Waals surface area contributed by atoms with Crippen LogP contribution >= 0.6 is 0 Å². The molecule has 3 N–H and O–H groups in total. The number of nitrogens with zero attached hydrogens (tertiary/aromatic N) is 3. The number of H-pyrrole nitrogens is 1. The number of aromatic nitrogens is 3. The molecule has 1 saturated heterocycles. The van der Waals surface area contributed by atoms with Gasteiger partial charge in [0.05, 0.1) is 5.56 Å². The number of aromatic amines is 1. The molecule has 2 aliphatic rings. The van der Waals surface area contributed by atoms with Crippen LogP contribution in [0.4, 0.5) is 17.2 Å². The van der Waals surface area contributed by atoms with Crippen LogP contribution in [0.25, 0.3) is 11.0 Å². The third kappa shape index (κ3) is 4.39. The average molecular weight is 511 g/mol. The second-order valence-electron chi connectivity index (χ2n) is 10.5. The van der Waals surface area contributed by atoms with Crippen LogP contribution in [-0.2, 0) is 21.5 Å². The zero-order chi connectivity index (χ0) is 26.3. The van der Waals surface area contributed by atoms with E-state index in [2.05, 4.69) is 39.4 Å². The van der Waals surface area contributed by atoms with E-state index in [1.54, 1.807) is 24.5 Å². The molecule has 4 aromatic rings. The molecule has 38 heavy (non-hydrogen) atoms. The molecule has 2 aliphatic heterocycles. The van der Waals surface area contributed by atoms with E-state index in [1.165, 1.54) is 0 Å². The first-order valence-electron chi connectivity index (χ1n) is 12.9. The summed E-state index contributed by atoms with van der Waals surface area (Å²) < 4.78 is 5.67. The van der Waals surface area contributed by atoms with Gasteiger partial charge in [0.15, 0.2) is 0 Å². The van der Waals surface area contributed by atoms with Gasteiger partial charge in [0, 0.05) is 60.5 Å². The normalized spacial score (nSPS) is 17.9. The van der Waals surface area contributed by atoms with Gasteiger partial charge in [-0.05, 0) is 60.4 Å². The van der Waals surface area contributed by atoms with Gasteiger partial charge < -0.3 is 25.3 Å². The predicted molar refractivity (Wildman–Crippen MR) is 146 cm³/mol. The number of rotatable bonds is 6. The summed E-state index contributed by atoms with van der Waals surface area (Å²) in [5, 5.41) is 7.33. The predicted octanol–water partition coefficient (Wildman–Crippen LogP) is 4.63. The monoisotopic (exact) mass is 510 g/mol. The average Bonchev–Trinajstić information content (AvgIpc) is 3.67. The molecule has 1 fully saturated rings. The molecule has 0 spiro atoms. The van der Waals surface area contributed by atoms with Gasteiger partial charge >= 0.3 is 0 Å². The van der Waals surface area contributed by atoms with E-state index in [-0.39, 0.29) is 17.2 Å². The highest BCUT2D eigenvalue weighted by Gasteiger charge is 2.41. The van der Waals surface area contributed by atoms with Gasteiger partial charge in [-0.15, -0.1) is 0 Å². The fraction of sp³-hybridized carbons (Fsp3) is 0.310. The fourth-order valence-electron chi connectivity index (χ4n) is 5.39. The molecule has 0 aliphatic carbocycles. The van der Waals surface area contributed by atoms with E-state index >= 15 is 0 Å². The molecule has 1 aromatic carbocycles. The lowest BCUT2D eigenvalue weighted by Crippen LogP contribution is -2.40. The highest BCUT2D eigenvalue weighted by molar-refractivity contribution is 6.08. The lowest BCUT2D eigenvalue weighted by molar-refractivity contribution is -0.127. The Morgan fingerprint density at radius 2 is 2.05 bits per heavy atom. The maximum absolute atomic E-state index is 13.4. The van der Waals surface area contributed by atoms with Crippen LogP contribution in [0.1, 0.15) is 48.2 Å².